The number of amides is 1. The molecule has 23 heavy (non-hydrogen) atoms. The van der Waals surface area contributed by atoms with E-state index in [1.165, 1.54) is 18.4 Å². The van der Waals surface area contributed by atoms with E-state index >= 15 is 0 Å². The molecular weight excluding hydrogens is 320 g/mol. The Morgan fingerprint density at radius 3 is 2.57 bits per heavy atom. The summed E-state index contributed by atoms with van der Waals surface area (Å²) in [5.41, 5.74) is 0.409. The van der Waals surface area contributed by atoms with Crippen LogP contribution >= 0.6 is 11.3 Å². The number of anilines is 1. The molecule has 0 bridgehead atoms. The Morgan fingerprint density at radius 2 is 2.00 bits per heavy atom. The third-order valence-electron chi connectivity index (χ3n) is 3.02. The Balaban J connectivity index is 2.68. The quantitative estimate of drug-likeness (QED) is 0.725. The largest absolute Gasteiger partial charge is 0.465 e. The van der Waals surface area contributed by atoms with Crippen LogP contribution in [0.1, 0.15) is 30.4 Å². The number of esters is 2. The van der Waals surface area contributed by atoms with Crippen LogP contribution in [-0.4, -0.2) is 55.6 Å². The number of ether oxygens (including phenoxy) is 2. The maximum absolute atomic E-state index is 12.2. The van der Waals surface area contributed by atoms with Crippen LogP contribution in [-0.2, 0) is 19.1 Å². The average molecular weight is 342 g/mol. The van der Waals surface area contributed by atoms with Gasteiger partial charge in [0.1, 0.15) is 4.88 Å². The lowest BCUT2D eigenvalue weighted by atomic mass is 10.3. The molecule has 128 valence electrons. The fraction of sp³-hybridized carbons (Fsp3) is 0.533. The van der Waals surface area contributed by atoms with E-state index < -0.39 is 5.97 Å². The lowest BCUT2D eigenvalue weighted by Gasteiger charge is -2.24. The van der Waals surface area contributed by atoms with Crippen molar-refractivity contribution in [3.63, 3.8) is 0 Å². The molecule has 1 aromatic heterocycles. The molecule has 0 aromatic carbocycles. The van der Waals surface area contributed by atoms with Gasteiger partial charge in [0.05, 0.1) is 32.5 Å². The number of thiophene rings is 1. The molecule has 0 atom stereocenters. The Hall–Kier alpha value is -1.93. The summed E-state index contributed by atoms with van der Waals surface area (Å²) in [6, 6.07) is 1.63. The first-order valence-corrected chi connectivity index (χ1v) is 8.12. The van der Waals surface area contributed by atoms with Gasteiger partial charge in [0, 0.05) is 6.04 Å². The number of methoxy groups -OCH3 is 1. The Labute approximate surface area is 139 Å². The van der Waals surface area contributed by atoms with E-state index in [9.17, 15) is 14.4 Å². The third-order valence-corrected chi connectivity index (χ3v) is 3.92. The van der Waals surface area contributed by atoms with Gasteiger partial charge in [0.2, 0.25) is 5.91 Å². The van der Waals surface area contributed by atoms with Gasteiger partial charge in [-0.1, -0.05) is 0 Å². The van der Waals surface area contributed by atoms with Crippen LogP contribution in [0, 0.1) is 0 Å². The lowest BCUT2D eigenvalue weighted by Crippen LogP contribution is -2.41. The van der Waals surface area contributed by atoms with E-state index in [0.717, 1.165) is 0 Å². The fourth-order valence-corrected chi connectivity index (χ4v) is 2.59. The summed E-state index contributed by atoms with van der Waals surface area (Å²) in [6.07, 6.45) is 0. The van der Waals surface area contributed by atoms with Crippen molar-refractivity contribution >= 4 is 34.9 Å². The second-order valence-corrected chi connectivity index (χ2v) is 5.92. The number of hydrogen-bond acceptors (Lipinski definition) is 7. The minimum atomic E-state index is -0.498. The second-order valence-electron chi connectivity index (χ2n) is 5.01. The second kappa shape index (κ2) is 9.26. The van der Waals surface area contributed by atoms with Gasteiger partial charge in [-0.25, -0.2) is 4.79 Å². The highest BCUT2D eigenvalue weighted by Crippen LogP contribution is 2.23. The summed E-state index contributed by atoms with van der Waals surface area (Å²) in [5, 5.41) is 4.37. The van der Waals surface area contributed by atoms with Gasteiger partial charge in [0.15, 0.2) is 0 Å². The predicted octanol–water partition coefficient (Wildman–Crippen LogP) is 1.75. The van der Waals surface area contributed by atoms with Crippen molar-refractivity contribution in [3.05, 3.63) is 16.3 Å². The average Bonchev–Trinajstić information content (AvgIpc) is 2.93. The number of carbonyl (C=O) groups excluding carboxylic acids is 3. The molecule has 1 N–H and O–H groups in total. The zero-order valence-electron chi connectivity index (χ0n) is 13.8. The zero-order valence-corrected chi connectivity index (χ0v) is 14.6. The molecule has 1 heterocycles. The maximum atomic E-state index is 12.2. The standard InChI is InChI=1S/C15H22N2O5S/c1-5-22-13(19)9-17(10(2)3)8-12(18)16-11-6-7-23-14(11)15(20)21-4/h6-7,10H,5,8-9H2,1-4H3,(H,16,18). The number of nitrogens with one attached hydrogen (secondary N) is 1. The van der Waals surface area contributed by atoms with Gasteiger partial charge in [0.25, 0.3) is 0 Å². The summed E-state index contributed by atoms with van der Waals surface area (Å²) in [4.78, 5) is 37.4. The molecule has 1 aromatic rings. The van der Waals surface area contributed by atoms with Gasteiger partial charge < -0.3 is 14.8 Å². The highest BCUT2D eigenvalue weighted by Gasteiger charge is 2.20. The minimum Gasteiger partial charge on any atom is -0.465 e. The summed E-state index contributed by atoms with van der Waals surface area (Å²) in [5.74, 6) is -1.19. The third kappa shape index (κ3) is 5.99. The summed E-state index contributed by atoms with van der Waals surface area (Å²) in [6.45, 7) is 5.86. The Kier molecular flexibility index (Phi) is 7.70. The van der Waals surface area contributed by atoms with Crippen LogP contribution in [0.4, 0.5) is 5.69 Å². The first kappa shape index (κ1) is 19.1. The van der Waals surface area contributed by atoms with Gasteiger partial charge in [-0.15, -0.1) is 11.3 Å². The number of hydrogen-bond donors (Lipinski definition) is 1. The molecule has 8 heteroatoms. The van der Waals surface area contributed by atoms with Crippen molar-refractivity contribution in [2.24, 2.45) is 0 Å². The van der Waals surface area contributed by atoms with Gasteiger partial charge in [-0.2, -0.15) is 0 Å². The molecule has 7 nitrogen and oxygen atoms in total. The molecule has 0 aliphatic heterocycles. The van der Waals surface area contributed by atoms with Crippen molar-refractivity contribution in [1.82, 2.24) is 4.90 Å². The molecule has 1 rings (SSSR count). The van der Waals surface area contributed by atoms with E-state index in [4.69, 9.17) is 4.74 Å². The normalized spacial score (nSPS) is 10.7. The first-order valence-electron chi connectivity index (χ1n) is 7.24. The van der Waals surface area contributed by atoms with Crippen molar-refractivity contribution in [1.29, 1.82) is 0 Å². The van der Waals surface area contributed by atoms with E-state index in [1.807, 2.05) is 13.8 Å². The van der Waals surface area contributed by atoms with Crippen LogP contribution in [0.25, 0.3) is 0 Å². The molecule has 0 spiro atoms. The lowest BCUT2D eigenvalue weighted by molar-refractivity contribution is -0.145. The number of nitrogens with zero attached hydrogens (tertiary/aromatic N) is 1. The van der Waals surface area contributed by atoms with Crippen molar-refractivity contribution in [3.8, 4) is 0 Å². The van der Waals surface area contributed by atoms with E-state index in [1.54, 1.807) is 23.3 Å². The van der Waals surface area contributed by atoms with Crippen molar-refractivity contribution in [2.45, 2.75) is 26.8 Å². The molecule has 0 unspecified atom stereocenters. The van der Waals surface area contributed by atoms with Crippen LogP contribution < -0.4 is 5.32 Å². The van der Waals surface area contributed by atoms with Gasteiger partial charge >= 0.3 is 11.9 Å². The fourth-order valence-electron chi connectivity index (χ4n) is 1.83. The highest BCUT2D eigenvalue weighted by atomic mass is 32.1. The molecule has 0 radical (unpaired) electrons. The Bertz CT molecular complexity index is 556. The van der Waals surface area contributed by atoms with Gasteiger partial charge in [-0.3, -0.25) is 14.5 Å². The smallest absolute Gasteiger partial charge is 0.350 e. The van der Waals surface area contributed by atoms with Crippen LogP contribution in [0.5, 0.6) is 0 Å². The van der Waals surface area contributed by atoms with Crippen molar-refractivity contribution < 1.29 is 23.9 Å². The molecule has 0 saturated carbocycles. The van der Waals surface area contributed by atoms with Crippen LogP contribution in [0.3, 0.4) is 0 Å². The van der Waals surface area contributed by atoms with Crippen LogP contribution in [0.2, 0.25) is 0 Å². The summed E-state index contributed by atoms with van der Waals surface area (Å²) < 4.78 is 9.57. The Morgan fingerprint density at radius 1 is 1.30 bits per heavy atom. The minimum absolute atomic E-state index is 0.00675. The molecule has 0 aliphatic rings. The zero-order chi connectivity index (χ0) is 17.4. The van der Waals surface area contributed by atoms with Crippen molar-refractivity contribution in [2.75, 3.05) is 32.1 Å². The first-order chi connectivity index (χ1) is 10.9. The monoisotopic (exact) mass is 342 g/mol. The summed E-state index contributed by atoms with van der Waals surface area (Å²) in [7, 11) is 1.29. The van der Waals surface area contributed by atoms with Crippen LogP contribution in [0.15, 0.2) is 11.4 Å². The molecular formula is C15H22N2O5S. The van der Waals surface area contributed by atoms with E-state index in [-0.39, 0.29) is 31.0 Å². The summed E-state index contributed by atoms with van der Waals surface area (Å²) >= 11 is 1.19. The molecule has 0 saturated heterocycles. The number of carbonyl (C=O) groups is 3. The highest BCUT2D eigenvalue weighted by molar-refractivity contribution is 7.12. The molecule has 0 aliphatic carbocycles. The topological polar surface area (TPSA) is 84.9 Å². The number of rotatable bonds is 8. The molecule has 1 amide bonds. The van der Waals surface area contributed by atoms with Gasteiger partial charge in [-0.05, 0) is 32.2 Å². The predicted molar refractivity (Wildman–Crippen MR) is 87.6 cm³/mol. The van der Waals surface area contributed by atoms with E-state index in [0.29, 0.717) is 17.2 Å². The molecule has 0 fully saturated rings. The SMILES string of the molecule is CCOC(=O)CN(CC(=O)Nc1ccsc1C(=O)OC)C(C)C. The van der Waals surface area contributed by atoms with E-state index in [2.05, 4.69) is 10.1 Å². The maximum Gasteiger partial charge on any atom is 0.350 e.